The first-order valence-electron chi connectivity index (χ1n) is 8.26. The standard InChI is InChI=1S/C20H19N3O3S/c1-14-10-15(2)12-18(11-14)23-27(25,26)19-7-5-17(6-8-19)22-20(24)16-4-3-9-21-13-16/h3-13,23H,1-2H3,(H,22,24). The van der Waals surface area contributed by atoms with Gasteiger partial charge in [-0.3, -0.25) is 14.5 Å². The molecule has 1 amide bonds. The second-order valence-electron chi connectivity index (χ2n) is 6.20. The molecule has 0 saturated heterocycles. The van der Waals surface area contributed by atoms with Gasteiger partial charge in [-0.15, -0.1) is 0 Å². The van der Waals surface area contributed by atoms with Crippen LogP contribution in [0.2, 0.25) is 0 Å². The van der Waals surface area contributed by atoms with Gasteiger partial charge in [-0.25, -0.2) is 8.42 Å². The maximum atomic E-state index is 12.6. The van der Waals surface area contributed by atoms with Gasteiger partial charge in [0.25, 0.3) is 15.9 Å². The molecule has 0 spiro atoms. The first kappa shape index (κ1) is 18.6. The molecule has 0 atom stereocenters. The quantitative estimate of drug-likeness (QED) is 0.704. The summed E-state index contributed by atoms with van der Waals surface area (Å²) in [7, 11) is -3.72. The van der Waals surface area contributed by atoms with Crippen molar-refractivity contribution in [3.8, 4) is 0 Å². The predicted molar refractivity (Wildman–Crippen MR) is 105 cm³/mol. The summed E-state index contributed by atoms with van der Waals surface area (Å²) < 4.78 is 27.7. The number of carbonyl (C=O) groups is 1. The van der Waals surface area contributed by atoms with Gasteiger partial charge < -0.3 is 5.32 Å². The zero-order valence-electron chi connectivity index (χ0n) is 14.9. The largest absolute Gasteiger partial charge is 0.322 e. The summed E-state index contributed by atoms with van der Waals surface area (Å²) in [6.45, 7) is 3.81. The molecule has 0 aliphatic heterocycles. The number of hydrogen-bond donors (Lipinski definition) is 2. The Morgan fingerprint density at radius 3 is 2.19 bits per heavy atom. The molecule has 2 N–H and O–H groups in total. The van der Waals surface area contributed by atoms with Gasteiger partial charge in [0.05, 0.1) is 10.5 Å². The summed E-state index contributed by atoms with van der Waals surface area (Å²) in [6.07, 6.45) is 3.04. The lowest BCUT2D eigenvalue weighted by molar-refractivity contribution is 0.102. The van der Waals surface area contributed by atoms with Crippen LogP contribution in [0.3, 0.4) is 0 Å². The summed E-state index contributed by atoms with van der Waals surface area (Å²) in [5.41, 5.74) is 3.38. The molecule has 3 rings (SSSR count). The zero-order valence-corrected chi connectivity index (χ0v) is 15.7. The van der Waals surface area contributed by atoms with Gasteiger partial charge in [0, 0.05) is 23.8 Å². The number of pyridine rings is 1. The minimum Gasteiger partial charge on any atom is -0.322 e. The topological polar surface area (TPSA) is 88.2 Å². The Hall–Kier alpha value is -3.19. The molecule has 1 aromatic heterocycles. The fourth-order valence-corrected chi connectivity index (χ4v) is 3.71. The van der Waals surface area contributed by atoms with Gasteiger partial charge in [-0.05, 0) is 73.5 Å². The number of amides is 1. The van der Waals surface area contributed by atoms with Crippen molar-refractivity contribution < 1.29 is 13.2 Å². The third-order valence-corrected chi connectivity index (χ3v) is 5.22. The third-order valence-electron chi connectivity index (χ3n) is 3.82. The van der Waals surface area contributed by atoms with Gasteiger partial charge in [0.1, 0.15) is 0 Å². The first-order valence-corrected chi connectivity index (χ1v) is 9.74. The highest BCUT2D eigenvalue weighted by Gasteiger charge is 2.15. The molecule has 0 radical (unpaired) electrons. The Morgan fingerprint density at radius 1 is 0.926 bits per heavy atom. The van der Waals surface area contributed by atoms with E-state index >= 15 is 0 Å². The SMILES string of the molecule is Cc1cc(C)cc(NS(=O)(=O)c2ccc(NC(=O)c3cccnc3)cc2)c1. The monoisotopic (exact) mass is 381 g/mol. The van der Waals surface area contributed by atoms with Crippen LogP contribution < -0.4 is 10.0 Å². The van der Waals surface area contributed by atoms with Crippen LogP contribution in [0, 0.1) is 13.8 Å². The molecule has 1 heterocycles. The Bertz CT molecular complexity index is 1040. The number of nitrogens with zero attached hydrogens (tertiary/aromatic N) is 1. The number of rotatable bonds is 5. The van der Waals surface area contributed by atoms with Crippen LogP contribution in [0.1, 0.15) is 21.5 Å². The van der Waals surface area contributed by atoms with Crippen molar-refractivity contribution in [1.82, 2.24) is 4.98 Å². The maximum Gasteiger partial charge on any atom is 0.261 e. The Morgan fingerprint density at radius 2 is 1.59 bits per heavy atom. The van der Waals surface area contributed by atoms with E-state index in [9.17, 15) is 13.2 Å². The maximum absolute atomic E-state index is 12.6. The van der Waals surface area contributed by atoms with Gasteiger partial charge >= 0.3 is 0 Å². The average molecular weight is 381 g/mol. The van der Waals surface area contributed by atoms with Crippen LogP contribution >= 0.6 is 0 Å². The lowest BCUT2D eigenvalue weighted by atomic mass is 10.1. The summed E-state index contributed by atoms with van der Waals surface area (Å²) in [6, 6.07) is 14.8. The molecule has 6 nitrogen and oxygen atoms in total. The van der Waals surface area contributed by atoms with Crippen LogP contribution in [0.4, 0.5) is 11.4 Å². The van der Waals surface area contributed by atoms with E-state index in [4.69, 9.17) is 0 Å². The molecule has 0 fully saturated rings. The number of sulfonamides is 1. The van der Waals surface area contributed by atoms with E-state index in [-0.39, 0.29) is 10.8 Å². The van der Waals surface area contributed by atoms with Crippen molar-refractivity contribution >= 4 is 27.3 Å². The summed E-state index contributed by atoms with van der Waals surface area (Å²) in [5.74, 6) is -0.313. The van der Waals surface area contributed by atoms with Crippen molar-refractivity contribution in [3.63, 3.8) is 0 Å². The molecule has 138 valence electrons. The number of aryl methyl sites for hydroxylation is 2. The van der Waals surface area contributed by atoms with Crippen LogP contribution in [0.15, 0.2) is 71.9 Å². The lowest BCUT2D eigenvalue weighted by Crippen LogP contribution is -2.14. The Balaban J connectivity index is 1.75. The zero-order chi connectivity index (χ0) is 19.4. The smallest absolute Gasteiger partial charge is 0.261 e. The Kier molecular flexibility index (Phi) is 5.23. The minimum atomic E-state index is -3.72. The molecule has 3 aromatic rings. The van der Waals surface area contributed by atoms with E-state index in [0.717, 1.165) is 11.1 Å². The highest BCUT2D eigenvalue weighted by atomic mass is 32.2. The second kappa shape index (κ2) is 7.59. The van der Waals surface area contributed by atoms with Crippen LogP contribution in [0.25, 0.3) is 0 Å². The molecule has 2 aromatic carbocycles. The van der Waals surface area contributed by atoms with Gasteiger partial charge in [0.2, 0.25) is 0 Å². The van der Waals surface area contributed by atoms with Crippen LogP contribution in [-0.2, 0) is 10.0 Å². The highest BCUT2D eigenvalue weighted by Crippen LogP contribution is 2.20. The number of benzene rings is 2. The van der Waals surface area contributed by atoms with Gasteiger partial charge in [-0.2, -0.15) is 0 Å². The van der Waals surface area contributed by atoms with Crippen molar-refractivity contribution in [2.24, 2.45) is 0 Å². The fraction of sp³-hybridized carbons (Fsp3) is 0.100. The number of aromatic nitrogens is 1. The van der Waals surface area contributed by atoms with Gasteiger partial charge in [0.15, 0.2) is 0 Å². The molecular weight excluding hydrogens is 362 g/mol. The van der Waals surface area contributed by atoms with Gasteiger partial charge in [-0.1, -0.05) is 6.07 Å². The fourth-order valence-electron chi connectivity index (χ4n) is 2.67. The lowest BCUT2D eigenvalue weighted by Gasteiger charge is -2.11. The minimum absolute atomic E-state index is 0.112. The second-order valence-corrected chi connectivity index (χ2v) is 7.88. The highest BCUT2D eigenvalue weighted by molar-refractivity contribution is 7.92. The van der Waals surface area contributed by atoms with Crippen molar-refractivity contribution in [1.29, 1.82) is 0 Å². The van der Waals surface area contributed by atoms with E-state index < -0.39 is 10.0 Å². The van der Waals surface area contributed by atoms with E-state index in [1.807, 2.05) is 19.9 Å². The molecular formula is C20H19N3O3S. The predicted octanol–water partition coefficient (Wildman–Crippen LogP) is 3.75. The van der Waals surface area contributed by atoms with Crippen LogP contribution in [0.5, 0.6) is 0 Å². The van der Waals surface area contributed by atoms with E-state index in [0.29, 0.717) is 16.9 Å². The molecule has 0 unspecified atom stereocenters. The summed E-state index contributed by atoms with van der Waals surface area (Å²) in [4.78, 5) is 16.1. The molecule has 7 heteroatoms. The third kappa shape index (κ3) is 4.71. The van der Waals surface area contributed by atoms with Crippen molar-refractivity contribution in [2.75, 3.05) is 10.0 Å². The summed E-state index contributed by atoms with van der Waals surface area (Å²) >= 11 is 0. The summed E-state index contributed by atoms with van der Waals surface area (Å²) in [5, 5.41) is 2.71. The number of hydrogen-bond acceptors (Lipinski definition) is 4. The molecule has 0 saturated carbocycles. The molecule has 0 aliphatic carbocycles. The van der Waals surface area contributed by atoms with E-state index in [1.54, 1.807) is 42.6 Å². The van der Waals surface area contributed by atoms with E-state index in [1.165, 1.54) is 18.3 Å². The van der Waals surface area contributed by atoms with Crippen molar-refractivity contribution in [3.05, 3.63) is 83.7 Å². The van der Waals surface area contributed by atoms with E-state index in [2.05, 4.69) is 15.0 Å². The van der Waals surface area contributed by atoms with Crippen molar-refractivity contribution in [2.45, 2.75) is 18.7 Å². The number of anilines is 2. The normalized spacial score (nSPS) is 11.0. The molecule has 0 aliphatic rings. The number of nitrogens with one attached hydrogen (secondary N) is 2. The Labute approximate surface area is 158 Å². The van der Waals surface area contributed by atoms with Crippen LogP contribution in [-0.4, -0.2) is 19.3 Å². The first-order chi connectivity index (χ1) is 12.8. The molecule has 0 bridgehead atoms. The average Bonchev–Trinajstić information content (AvgIpc) is 2.61. The molecule has 27 heavy (non-hydrogen) atoms. The number of carbonyl (C=O) groups excluding carboxylic acids is 1.